The van der Waals surface area contributed by atoms with E-state index in [1.807, 2.05) is 19.1 Å². The van der Waals surface area contributed by atoms with Gasteiger partial charge in [-0.2, -0.15) is 0 Å². The van der Waals surface area contributed by atoms with E-state index in [-0.39, 0.29) is 18.1 Å². The van der Waals surface area contributed by atoms with E-state index < -0.39 is 0 Å². The number of fused-ring (bicyclic) bond motifs is 3. The van der Waals surface area contributed by atoms with Crippen LogP contribution < -0.4 is 15.7 Å². The van der Waals surface area contributed by atoms with E-state index in [9.17, 15) is 9.59 Å². The Balaban J connectivity index is 1.44. The highest BCUT2D eigenvalue weighted by molar-refractivity contribution is 5.89. The van der Waals surface area contributed by atoms with Gasteiger partial charge in [0.05, 0.1) is 18.6 Å². The van der Waals surface area contributed by atoms with Crippen LogP contribution in [0.5, 0.6) is 5.75 Å². The number of carbonyl (C=O) groups excluding carboxylic acids is 1. The van der Waals surface area contributed by atoms with Crippen LogP contribution in [0, 0.1) is 6.92 Å². The van der Waals surface area contributed by atoms with Crippen molar-refractivity contribution in [1.29, 1.82) is 0 Å². The van der Waals surface area contributed by atoms with Gasteiger partial charge in [-0.3, -0.25) is 9.69 Å². The number of carbonyl (C=O) groups is 1. The van der Waals surface area contributed by atoms with Crippen molar-refractivity contribution in [3.05, 3.63) is 39.2 Å². The first-order chi connectivity index (χ1) is 14.1. The highest BCUT2D eigenvalue weighted by atomic mass is 16.5. The van der Waals surface area contributed by atoms with Crippen LogP contribution in [0.15, 0.2) is 21.3 Å². The highest BCUT2D eigenvalue weighted by Crippen LogP contribution is 2.34. The van der Waals surface area contributed by atoms with Crippen LogP contribution in [-0.4, -0.2) is 56.8 Å². The Labute approximate surface area is 170 Å². The van der Waals surface area contributed by atoms with E-state index in [1.165, 1.54) is 0 Å². The molecule has 2 aromatic rings. The molecule has 1 saturated heterocycles. The van der Waals surface area contributed by atoms with Crippen LogP contribution in [0.4, 0.5) is 0 Å². The number of aryl methyl sites for hydroxylation is 2. The van der Waals surface area contributed by atoms with Crippen molar-refractivity contribution in [1.82, 2.24) is 10.2 Å². The van der Waals surface area contributed by atoms with Gasteiger partial charge >= 0.3 is 5.63 Å². The van der Waals surface area contributed by atoms with Gasteiger partial charge in [-0.05, 0) is 55.9 Å². The number of rotatable bonds is 6. The summed E-state index contributed by atoms with van der Waals surface area (Å²) in [4.78, 5) is 26.9. The Morgan fingerprint density at radius 3 is 2.72 bits per heavy atom. The standard InChI is InChI=1S/C22H28N2O5/c1-15-12-18(28-14-20(25)23-6-7-24-8-10-27-11-9-24)21-16-4-2-3-5-17(16)22(26)29-19(21)13-15/h12-13H,2-11,14H2,1H3,(H,23,25). The summed E-state index contributed by atoms with van der Waals surface area (Å²) in [6.07, 6.45) is 3.61. The third-order valence-electron chi connectivity index (χ3n) is 5.64. The van der Waals surface area contributed by atoms with Gasteiger partial charge in [-0.15, -0.1) is 0 Å². The molecule has 0 unspecified atom stereocenters. The maximum atomic E-state index is 12.3. The van der Waals surface area contributed by atoms with Crippen molar-refractivity contribution in [3.8, 4) is 5.75 Å². The van der Waals surface area contributed by atoms with Crippen LogP contribution in [-0.2, 0) is 22.4 Å². The third-order valence-corrected chi connectivity index (χ3v) is 5.64. The van der Waals surface area contributed by atoms with Gasteiger partial charge in [-0.1, -0.05) is 0 Å². The molecule has 2 aliphatic rings. The van der Waals surface area contributed by atoms with Crippen LogP contribution in [0.3, 0.4) is 0 Å². The van der Waals surface area contributed by atoms with E-state index in [0.717, 1.165) is 80.6 Å². The van der Waals surface area contributed by atoms with Crippen LogP contribution in [0.2, 0.25) is 0 Å². The van der Waals surface area contributed by atoms with Crippen molar-refractivity contribution in [2.45, 2.75) is 32.6 Å². The molecule has 1 aliphatic carbocycles. The fourth-order valence-corrected chi connectivity index (χ4v) is 4.15. The first kappa shape index (κ1) is 19.9. The second kappa shape index (κ2) is 8.97. The van der Waals surface area contributed by atoms with Gasteiger partial charge < -0.3 is 19.2 Å². The van der Waals surface area contributed by atoms with Crippen molar-refractivity contribution in [2.75, 3.05) is 46.0 Å². The lowest BCUT2D eigenvalue weighted by atomic mass is 9.90. The highest BCUT2D eigenvalue weighted by Gasteiger charge is 2.21. The third kappa shape index (κ3) is 4.62. The number of nitrogens with zero attached hydrogens (tertiary/aromatic N) is 1. The second-order valence-electron chi connectivity index (χ2n) is 7.78. The van der Waals surface area contributed by atoms with Crippen molar-refractivity contribution in [2.24, 2.45) is 0 Å². The Morgan fingerprint density at radius 2 is 1.93 bits per heavy atom. The lowest BCUT2D eigenvalue weighted by Gasteiger charge is -2.26. The molecule has 7 nitrogen and oxygen atoms in total. The number of ether oxygens (including phenoxy) is 2. The summed E-state index contributed by atoms with van der Waals surface area (Å²) in [6.45, 7) is 6.55. The quantitative estimate of drug-likeness (QED) is 0.745. The second-order valence-corrected chi connectivity index (χ2v) is 7.78. The van der Waals surface area contributed by atoms with Gasteiger partial charge in [0.1, 0.15) is 11.3 Å². The number of amides is 1. The van der Waals surface area contributed by atoms with Gasteiger partial charge in [0.2, 0.25) is 0 Å². The molecule has 0 saturated carbocycles. The zero-order valence-electron chi connectivity index (χ0n) is 16.9. The normalized spacial score (nSPS) is 17.1. The molecule has 4 rings (SSSR count). The zero-order chi connectivity index (χ0) is 20.2. The molecule has 7 heteroatoms. The van der Waals surface area contributed by atoms with Crippen LogP contribution in [0.25, 0.3) is 11.0 Å². The first-order valence-electron chi connectivity index (χ1n) is 10.4. The lowest BCUT2D eigenvalue weighted by Crippen LogP contribution is -2.42. The first-order valence-corrected chi connectivity index (χ1v) is 10.4. The van der Waals surface area contributed by atoms with Gasteiger partial charge in [0.25, 0.3) is 5.91 Å². The summed E-state index contributed by atoms with van der Waals surface area (Å²) in [5, 5.41) is 3.75. The van der Waals surface area contributed by atoms with Gasteiger partial charge in [0, 0.05) is 31.7 Å². The predicted molar refractivity (Wildman–Crippen MR) is 110 cm³/mol. The average molecular weight is 400 g/mol. The number of benzene rings is 1. The van der Waals surface area contributed by atoms with Crippen LogP contribution in [0.1, 0.15) is 29.5 Å². The molecule has 0 spiro atoms. The SMILES string of the molecule is Cc1cc(OCC(=O)NCCN2CCOCC2)c2c3c(c(=O)oc2c1)CCCC3. The number of morpholine rings is 1. The number of hydrogen-bond acceptors (Lipinski definition) is 6. The largest absolute Gasteiger partial charge is 0.483 e. The Kier molecular flexibility index (Phi) is 6.16. The minimum Gasteiger partial charge on any atom is -0.483 e. The molecule has 1 aromatic carbocycles. The van der Waals surface area contributed by atoms with E-state index in [2.05, 4.69) is 10.2 Å². The summed E-state index contributed by atoms with van der Waals surface area (Å²) < 4.78 is 16.8. The fraction of sp³-hybridized carbons (Fsp3) is 0.545. The van der Waals surface area contributed by atoms with Crippen molar-refractivity contribution < 1.29 is 18.7 Å². The molecule has 1 fully saturated rings. The molecular formula is C22H28N2O5. The van der Waals surface area contributed by atoms with Crippen molar-refractivity contribution in [3.63, 3.8) is 0 Å². The minimum atomic E-state index is -0.246. The lowest BCUT2D eigenvalue weighted by molar-refractivity contribution is -0.123. The molecule has 0 atom stereocenters. The van der Waals surface area contributed by atoms with Gasteiger partial charge in [0.15, 0.2) is 6.61 Å². The van der Waals surface area contributed by atoms with E-state index in [4.69, 9.17) is 13.9 Å². The maximum absolute atomic E-state index is 12.3. The maximum Gasteiger partial charge on any atom is 0.339 e. The number of nitrogens with one attached hydrogen (secondary N) is 1. The molecule has 1 aliphatic heterocycles. The van der Waals surface area contributed by atoms with E-state index >= 15 is 0 Å². The smallest absolute Gasteiger partial charge is 0.339 e. The average Bonchev–Trinajstić information content (AvgIpc) is 2.72. The van der Waals surface area contributed by atoms with E-state index in [1.54, 1.807) is 0 Å². The molecule has 1 N–H and O–H groups in total. The Hall–Kier alpha value is -2.38. The topological polar surface area (TPSA) is 81.0 Å². The molecule has 2 heterocycles. The minimum absolute atomic E-state index is 0.0600. The van der Waals surface area contributed by atoms with Crippen molar-refractivity contribution >= 4 is 16.9 Å². The summed E-state index contributed by atoms with van der Waals surface area (Å²) in [7, 11) is 0. The monoisotopic (exact) mass is 400 g/mol. The van der Waals surface area contributed by atoms with E-state index in [0.29, 0.717) is 17.9 Å². The molecule has 0 bridgehead atoms. The zero-order valence-corrected chi connectivity index (χ0v) is 16.9. The molecular weight excluding hydrogens is 372 g/mol. The van der Waals surface area contributed by atoms with Gasteiger partial charge in [-0.25, -0.2) is 4.79 Å². The molecule has 29 heavy (non-hydrogen) atoms. The molecule has 0 radical (unpaired) electrons. The number of hydrogen-bond donors (Lipinski definition) is 1. The summed E-state index contributed by atoms with van der Waals surface area (Å²) in [5.41, 5.74) is 3.00. The summed E-state index contributed by atoms with van der Waals surface area (Å²) in [5.74, 6) is 0.462. The predicted octanol–water partition coefficient (Wildman–Crippen LogP) is 1.81. The molecule has 156 valence electrons. The summed E-state index contributed by atoms with van der Waals surface area (Å²) >= 11 is 0. The molecule has 1 aromatic heterocycles. The fourth-order valence-electron chi connectivity index (χ4n) is 4.15. The molecule has 1 amide bonds. The Bertz CT molecular complexity index is 946. The van der Waals surface area contributed by atoms with Crippen LogP contribution >= 0.6 is 0 Å². The Morgan fingerprint density at radius 1 is 1.17 bits per heavy atom. The summed E-state index contributed by atoms with van der Waals surface area (Å²) in [6, 6.07) is 3.78.